The Hall–Kier alpha value is -2.19. The number of hydrogen-bond acceptors (Lipinski definition) is 5. The lowest BCUT2D eigenvalue weighted by atomic mass is 9.99. The highest BCUT2D eigenvalue weighted by Gasteiger charge is 2.34. The molecule has 2 atom stereocenters. The molecule has 0 radical (unpaired) electrons. The van der Waals surface area contributed by atoms with Crippen molar-refractivity contribution >= 4 is 5.91 Å². The molecule has 2 aromatic rings. The lowest BCUT2D eigenvalue weighted by Crippen LogP contribution is -2.39. The van der Waals surface area contributed by atoms with E-state index in [0.29, 0.717) is 38.4 Å². The summed E-state index contributed by atoms with van der Waals surface area (Å²) < 4.78 is 15.0. The van der Waals surface area contributed by atoms with E-state index in [0.717, 1.165) is 23.5 Å². The van der Waals surface area contributed by atoms with Crippen LogP contribution in [-0.4, -0.2) is 56.7 Å². The van der Waals surface area contributed by atoms with Gasteiger partial charge in [-0.3, -0.25) is 14.2 Å². The summed E-state index contributed by atoms with van der Waals surface area (Å²) in [6, 6.07) is 1.96. The molecule has 0 spiro atoms. The van der Waals surface area contributed by atoms with Gasteiger partial charge in [-0.25, -0.2) is 0 Å². The Morgan fingerprint density at radius 1 is 1.38 bits per heavy atom. The van der Waals surface area contributed by atoms with E-state index in [1.54, 1.807) is 13.3 Å². The van der Waals surface area contributed by atoms with Crippen molar-refractivity contribution in [2.75, 3.05) is 20.3 Å². The summed E-state index contributed by atoms with van der Waals surface area (Å²) in [6.45, 7) is 7.16. The molecular formula is C18H25N5O3. The molecule has 0 N–H and O–H groups in total. The summed E-state index contributed by atoms with van der Waals surface area (Å²) in [5.41, 5.74) is 3.65. The van der Waals surface area contributed by atoms with E-state index < -0.39 is 0 Å². The number of carbonyl (C=O) groups is 1. The zero-order chi connectivity index (χ0) is 18.3. The maximum atomic E-state index is 13.3. The molecule has 8 nitrogen and oxygen atoms in total. The molecule has 0 bridgehead atoms. The van der Waals surface area contributed by atoms with Gasteiger partial charge in [0.1, 0.15) is 0 Å². The minimum atomic E-state index is -0.0811. The maximum absolute atomic E-state index is 13.3. The molecule has 4 rings (SSSR count). The molecule has 26 heavy (non-hydrogen) atoms. The van der Waals surface area contributed by atoms with E-state index in [9.17, 15) is 4.79 Å². The number of methoxy groups -OCH3 is 1. The van der Waals surface area contributed by atoms with E-state index in [1.165, 1.54) is 0 Å². The zero-order valence-electron chi connectivity index (χ0n) is 15.5. The van der Waals surface area contributed by atoms with Gasteiger partial charge in [-0.05, 0) is 19.9 Å². The first kappa shape index (κ1) is 17.2. The molecule has 0 fully saturated rings. The van der Waals surface area contributed by atoms with Gasteiger partial charge in [0.2, 0.25) is 0 Å². The van der Waals surface area contributed by atoms with Crippen LogP contribution in [0.5, 0.6) is 0 Å². The van der Waals surface area contributed by atoms with Crippen LogP contribution in [0.25, 0.3) is 0 Å². The second kappa shape index (κ2) is 6.85. The molecule has 1 amide bonds. The maximum Gasteiger partial charge on any atom is 0.275 e. The van der Waals surface area contributed by atoms with Crippen molar-refractivity contribution in [2.45, 2.75) is 52.1 Å². The highest BCUT2D eigenvalue weighted by Crippen LogP contribution is 2.33. The standard InChI is InChI=1S/C18H25N5O3/c1-12-10-15-16(20-23(8-9-25-3)17(15)13(2)26-12)18(24)21-6-7-22-14(11-21)4-5-19-22/h4-5,12-13H,6-11H2,1-3H3/t12-,13+/m1/s1. The Kier molecular flexibility index (Phi) is 4.54. The number of aromatic nitrogens is 4. The van der Waals surface area contributed by atoms with Crippen molar-refractivity contribution in [3.8, 4) is 0 Å². The molecule has 2 aliphatic rings. The predicted molar refractivity (Wildman–Crippen MR) is 93.7 cm³/mol. The Labute approximate surface area is 152 Å². The van der Waals surface area contributed by atoms with Crippen LogP contribution in [0.4, 0.5) is 0 Å². The molecule has 0 aromatic carbocycles. The summed E-state index contributed by atoms with van der Waals surface area (Å²) >= 11 is 0. The lowest BCUT2D eigenvalue weighted by Gasteiger charge is -2.29. The van der Waals surface area contributed by atoms with Crippen molar-refractivity contribution in [1.29, 1.82) is 0 Å². The first-order valence-electron chi connectivity index (χ1n) is 9.12. The van der Waals surface area contributed by atoms with Crippen LogP contribution in [0.15, 0.2) is 12.3 Å². The minimum Gasteiger partial charge on any atom is -0.383 e. The van der Waals surface area contributed by atoms with E-state index in [4.69, 9.17) is 9.47 Å². The normalized spacial score (nSPS) is 22.2. The van der Waals surface area contributed by atoms with Gasteiger partial charge in [0.15, 0.2) is 5.69 Å². The predicted octanol–water partition coefficient (Wildman–Crippen LogP) is 1.40. The van der Waals surface area contributed by atoms with Gasteiger partial charge in [-0.15, -0.1) is 0 Å². The summed E-state index contributed by atoms with van der Waals surface area (Å²) in [6.07, 6.45) is 2.49. The highest BCUT2D eigenvalue weighted by molar-refractivity contribution is 5.94. The van der Waals surface area contributed by atoms with Gasteiger partial charge >= 0.3 is 0 Å². The van der Waals surface area contributed by atoms with Crippen LogP contribution in [0.3, 0.4) is 0 Å². The van der Waals surface area contributed by atoms with Crippen LogP contribution in [0.2, 0.25) is 0 Å². The Morgan fingerprint density at radius 2 is 2.23 bits per heavy atom. The average molecular weight is 359 g/mol. The van der Waals surface area contributed by atoms with Crippen molar-refractivity contribution in [2.24, 2.45) is 0 Å². The summed E-state index contributed by atoms with van der Waals surface area (Å²) in [4.78, 5) is 15.1. The van der Waals surface area contributed by atoms with Crippen molar-refractivity contribution in [1.82, 2.24) is 24.5 Å². The van der Waals surface area contributed by atoms with Gasteiger partial charge in [0.05, 0.1) is 49.8 Å². The van der Waals surface area contributed by atoms with E-state index >= 15 is 0 Å². The number of rotatable bonds is 4. The molecule has 0 unspecified atom stereocenters. The number of carbonyl (C=O) groups excluding carboxylic acids is 1. The van der Waals surface area contributed by atoms with Crippen LogP contribution >= 0.6 is 0 Å². The van der Waals surface area contributed by atoms with E-state index in [2.05, 4.69) is 10.2 Å². The highest BCUT2D eigenvalue weighted by atomic mass is 16.5. The van der Waals surface area contributed by atoms with Gasteiger partial charge in [0.25, 0.3) is 5.91 Å². The van der Waals surface area contributed by atoms with E-state index in [-0.39, 0.29) is 18.1 Å². The molecule has 140 valence electrons. The zero-order valence-corrected chi connectivity index (χ0v) is 15.5. The molecule has 0 saturated carbocycles. The monoisotopic (exact) mass is 359 g/mol. The fraction of sp³-hybridized carbons (Fsp3) is 0.611. The molecule has 0 aliphatic carbocycles. The first-order chi connectivity index (χ1) is 12.6. The SMILES string of the molecule is COCCn1nc(C(=O)N2CCn3nccc3C2)c2c1[C@H](C)O[C@H](C)C2. The average Bonchev–Trinajstić information content (AvgIpc) is 3.23. The number of hydrogen-bond donors (Lipinski definition) is 0. The molecule has 8 heteroatoms. The largest absolute Gasteiger partial charge is 0.383 e. The second-order valence-corrected chi connectivity index (χ2v) is 6.99. The third-order valence-electron chi connectivity index (χ3n) is 5.14. The topological polar surface area (TPSA) is 74.4 Å². The fourth-order valence-electron chi connectivity index (χ4n) is 3.95. The van der Waals surface area contributed by atoms with Crippen molar-refractivity contribution < 1.29 is 14.3 Å². The summed E-state index contributed by atoms with van der Waals surface area (Å²) in [5.74, 6) is -0.00818. The molecule has 2 aromatic heterocycles. The van der Waals surface area contributed by atoms with E-state index in [1.807, 2.05) is 34.2 Å². The third kappa shape index (κ3) is 2.93. The van der Waals surface area contributed by atoms with Crippen LogP contribution in [0.1, 0.15) is 47.4 Å². The number of amides is 1. The van der Waals surface area contributed by atoms with Crippen LogP contribution in [0, 0.1) is 0 Å². The van der Waals surface area contributed by atoms with Gasteiger partial charge in [-0.1, -0.05) is 0 Å². The van der Waals surface area contributed by atoms with Crippen molar-refractivity contribution in [3.63, 3.8) is 0 Å². The van der Waals surface area contributed by atoms with Gasteiger partial charge in [0, 0.05) is 31.8 Å². The van der Waals surface area contributed by atoms with Gasteiger partial charge in [-0.2, -0.15) is 10.2 Å². The van der Waals surface area contributed by atoms with Crippen LogP contribution in [-0.2, 0) is 35.5 Å². The second-order valence-electron chi connectivity index (χ2n) is 6.99. The number of ether oxygens (including phenoxy) is 2. The van der Waals surface area contributed by atoms with Crippen molar-refractivity contribution in [3.05, 3.63) is 34.9 Å². The lowest BCUT2D eigenvalue weighted by molar-refractivity contribution is -0.0102. The quantitative estimate of drug-likeness (QED) is 0.825. The smallest absolute Gasteiger partial charge is 0.275 e. The summed E-state index contributed by atoms with van der Waals surface area (Å²) in [5, 5.41) is 8.96. The number of nitrogens with zero attached hydrogens (tertiary/aromatic N) is 5. The minimum absolute atomic E-state index is 0.00818. The summed E-state index contributed by atoms with van der Waals surface area (Å²) in [7, 11) is 1.67. The molecular weight excluding hydrogens is 334 g/mol. The Morgan fingerprint density at radius 3 is 3.04 bits per heavy atom. The van der Waals surface area contributed by atoms with Crippen LogP contribution < -0.4 is 0 Å². The molecule has 0 saturated heterocycles. The van der Waals surface area contributed by atoms with Gasteiger partial charge < -0.3 is 14.4 Å². The number of fused-ring (bicyclic) bond motifs is 2. The molecule has 4 heterocycles. The first-order valence-corrected chi connectivity index (χ1v) is 9.12. The Bertz CT molecular complexity index is 812. The third-order valence-corrected chi connectivity index (χ3v) is 5.14. The fourth-order valence-corrected chi connectivity index (χ4v) is 3.95. The Balaban J connectivity index is 1.66. The molecule has 2 aliphatic heterocycles.